The van der Waals surface area contributed by atoms with Gasteiger partial charge in [-0.05, 0) is 94.0 Å². The van der Waals surface area contributed by atoms with Crippen LogP contribution in [0.5, 0.6) is 0 Å². The number of carbonyl (C=O) groups excluding carboxylic acids is 4. The maximum absolute atomic E-state index is 14.3. The van der Waals surface area contributed by atoms with Crippen LogP contribution in [0.3, 0.4) is 0 Å². The lowest BCUT2D eigenvalue weighted by atomic mass is 9.91. The zero-order chi connectivity index (χ0) is 38.4. The first-order chi connectivity index (χ1) is 25.3. The number of hydrogen-bond donors (Lipinski definition) is 6. The Balaban J connectivity index is 1.53. The number of ether oxygens (including phenoxy) is 2. The van der Waals surface area contributed by atoms with Gasteiger partial charge in [-0.25, -0.2) is 13.1 Å². The molecule has 0 spiro atoms. The van der Waals surface area contributed by atoms with E-state index in [0.29, 0.717) is 37.1 Å². The van der Waals surface area contributed by atoms with E-state index < -0.39 is 57.8 Å². The molecule has 16 nitrogen and oxygen atoms in total. The molecule has 0 radical (unpaired) electrons. The second-order valence-electron chi connectivity index (χ2n) is 14.2. The third-order valence-corrected chi connectivity index (χ3v) is 10.9. The summed E-state index contributed by atoms with van der Waals surface area (Å²) in [5.74, 6) is -2.53. The number of nitrogens with zero attached hydrogens (tertiary/aromatic N) is 2. The zero-order valence-corrected chi connectivity index (χ0v) is 32.0. The molecule has 3 heterocycles. The molecule has 3 amide bonds. The van der Waals surface area contributed by atoms with Crippen molar-refractivity contribution in [1.82, 2.24) is 25.6 Å². The fraction of sp³-hybridized carbons (Fsp3) is 0.686. The number of Topliss-reactive ketones (excluding diaryl/α,β-unsaturated/α-hetero) is 1. The second-order valence-corrected chi connectivity index (χ2v) is 16.4. The Hall–Kier alpha value is -3.35. The number of rotatable bonds is 19. The van der Waals surface area contributed by atoms with E-state index in [0.717, 1.165) is 50.6 Å². The molecule has 0 aromatic heterocycles. The van der Waals surface area contributed by atoms with Crippen molar-refractivity contribution in [3.63, 3.8) is 0 Å². The number of nitrogens with one attached hydrogen (secondary N) is 4. The number of piperidine rings is 1. The second kappa shape index (κ2) is 20.9. The van der Waals surface area contributed by atoms with Gasteiger partial charge in [0.1, 0.15) is 12.1 Å². The molecule has 8 N–H and O–H groups in total. The number of amides is 3. The summed E-state index contributed by atoms with van der Waals surface area (Å²) in [5, 5.41) is 9.31. The van der Waals surface area contributed by atoms with E-state index in [1.54, 1.807) is 12.1 Å². The summed E-state index contributed by atoms with van der Waals surface area (Å²) in [4.78, 5) is 60.3. The minimum absolute atomic E-state index is 0.00843. The van der Waals surface area contributed by atoms with Crippen LogP contribution in [0.2, 0.25) is 5.02 Å². The summed E-state index contributed by atoms with van der Waals surface area (Å²) in [7, 11) is -3.80. The summed E-state index contributed by atoms with van der Waals surface area (Å²) in [5.41, 5.74) is 11.8. The van der Waals surface area contributed by atoms with Crippen molar-refractivity contribution in [2.24, 2.45) is 28.3 Å². The summed E-state index contributed by atoms with van der Waals surface area (Å²) in [6, 6.07) is 3.62. The molecular weight excluding hydrogens is 728 g/mol. The summed E-state index contributed by atoms with van der Waals surface area (Å²) in [6.45, 7) is 3.51. The highest BCUT2D eigenvalue weighted by molar-refractivity contribution is 7.88. The van der Waals surface area contributed by atoms with Crippen LogP contribution >= 0.6 is 11.6 Å². The Bertz CT molecular complexity index is 1520. The number of benzene rings is 1. The van der Waals surface area contributed by atoms with Gasteiger partial charge in [-0.2, -0.15) is 0 Å². The maximum atomic E-state index is 14.3. The highest BCUT2D eigenvalue weighted by Crippen LogP contribution is 2.26. The minimum atomic E-state index is -3.80. The lowest BCUT2D eigenvalue weighted by Gasteiger charge is -2.30. The molecule has 0 bridgehead atoms. The van der Waals surface area contributed by atoms with Gasteiger partial charge in [-0.3, -0.25) is 24.2 Å². The van der Waals surface area contributed by atoms with Crippen molar-refractivity contribution in [2.45, 2.75) is 88.6 Å². The van der Waals surface area contributed by atoms with Gasteiger partial charge in [0.15, 0.2) is 5.96 Å². The predicted molar refractivity (Wildman–Crippen MR) is 200 cm³/mol. The first-order valence-corrected chi connectivity index (χ1v) is 20.7. The SMILES string of the molecule is CS(=O)(=O)N[C@H](CCC1CCNCC1)C(=O)N1C[C@H](OCc2ccc(Cl)cc2)C[C@H]1C(=O)N[C@@H](CCCN=C(N)N)C(=O)C(=O)NCC1CCOCC1. The van der Waals surface area contributed by atoms with E-state index in [9.17, 15) is 27.6 Å². The Morgan fingerprint density at radius 1 is 1.04 bits per heavy atom. The number of aliphatic imine (C=N–C) groups is 1. The minimum Gasteiger partial charge on any atom is -0.381 e. The number of ketones is 1. The third kappa shape index (κ3) is 14.4. The van der Waals surface area contributed by atoms with Gasteiger partial charge in [-0.15, -0.1) is 0 Å². The predicted octanol–water partition coefficient (Wildman–Crippen LogP) is 0.174. The highest BCUT2D eigenvalue weighted by Gasteiger charge is 2.44. The number of carbonyl (C=O) groups is 4. The van der Waals surface area contributed by atoms with E-state index in [2.05, 4.69) is 25.7 Å². The standard InChI is InChI=1S/C35H55ClN8O8S/c1-53(49,50)43-29(9-6-23-10-15-39-16-11-23)34(48)44-21-27(52-22-25-4-7-26(36)8-5-25)19-30(44)32(46)42-28(3-2-14-40-35(37)38)31(45)33(47)41-20-24-12-17-51-18-13-24/h4-5,7-8,23-24,27-30,39,43H,2-3,6,9-22H2,1H3,(H,41,47)(H,42,46)(H4,37,38,40)/t27-,28+,29-,30+/m1/s1. The summed E-state index contributed by atoms with van der Waals surface area (Å²) in [6.07, 6.45) is 5.02. The number of nitrogens with two attached hydrogens (primary N) is 2. The number of sulfonamides is 1. The van der Waals surface area contributed by atoms with Crippen LogP contribution in [0.4, 0.5) is 0 Å². The van der Waals surface area contributed by atoms with Crippen LogP contribution in [-0.4, -0.2) is 119 Å². The molecule has 3 aliphatic heterocycles. The monoisotopic (exact) mass is 782 g/mol. The van der Waals surface area contributed by atoms with Gasteiger partial charge in [0.2, 0.25) is 27.6 Å². The largest absolute Gasteiger partial charge is 0.381 e. The molecule has 1 aromatic rings. The van der Waals surface area contributed by atoms with Crippen molar-refractivity contribution in [3.05, 3.63) is 34.9 Å². The lowest BCUT2D eigenvalue weighted by Crippen LogP contribution is -2.56. The Morgan fingerprint density at radius 3 is 2.40 bits per heavy atom. The molecule has 4 atom stereocenters. The number of likely N-dealkylation sites (tertiary alicyclic amines) is 1. The Morgan fingerprint density at radius 2 is 1.74 bits per heavy atom. The molecule has 3 fully saturated rings. The average molecular weight is 783 g/mol. The Kier molecular flexibility index (Phi) is 16.7. The average Bonchev–Trinajstić information content (AvgIpc) is 3.57. The van der Waals surface area contributed by atoms with E-state index in [-0.39, 0.29) is 57.3 Å². The van der Waals surface area contributed by atoms with Crippen molar-refractivity contribution in [1.29, 1.82) is 0 Å². The van der Waals surface area contributed by atoms with Gasteiger partial charge >= 0.3 is 0 Å². The molecule has 18 heteroatoms. The molecule has 296 valence electrons. The topological polar surface area (TPSA) is 237 Å². The maximum Gasteiger partial charge on any atom is 0.289 e. The molecule has 0 unspecified atom stereocenters. The smallest absolute Gasteiger partial charge is 0.289 e. The molecule has 4 rings (SSSR count). The van der Waals surface area contributed by atoms with Gasteiger partial charge in [0.25, 0.3) is 5.91 Å². The normalized spacial score (nSPS) is 21.1. The molecule has 1 aromatic carbocycles. The fourth-order valence-electron chi connectivity index (χ4n) is 6.94. The van der Waals surface area contributed by atoms with Crippen molar-refractivity contribution in [3.8, 4) is 0 Å². The van der Waals surface area contributed by atoms with Crippen LogP contribution in [0.1, 0.15) is 63.4 Å². The Labute approximate surface area is 316 Å². The van der Waals surface area contributed by atoms with E-state index in [1.165, 1.54) is 4.90 Å². The number of halogens is 1. The first-order valence-electron chi connectivity index (χ1n) is 18.4. The fourth-order valence-corrected chi connectivity index (χ4v) is 7.80. The summed E-state index contributed by atoms with van der Waals surface area (Å²) < 4.78 is 39.0. The molecule has 53 heavy (non-hydrogen) atoms. The lowest BCUT2D eigenvalue weighted by molar-refractivity contribution is -0.143. The highest BCUT2D eigenvalue weighted by atomic mass is 35.5. The third-order valence-electron chi connectivity index (χ3n) is 9.92. The van der Waals surface area contributed by atoms with E-state index in [1.807, 2.05) is 12.1 Å². The van der Waals surface area contributed by atoms with Crippen LogP contribution in [-0.2, 0) is 45.3 Å². The molecular formula is C35H55ClN8O8S. The van der Waals surface area contributed by atoms with E-state index in [4.69, 9.17) is 32.5 Å². The molecule has 3 saturated heterocycles. The van der Waals surface area contributed by atoms with Crippen LogP contribution in [0.15, 0.2) is 29.3 Å². The molecule has 0 saturated carbocycles. The van der Waals surface area contributed by atoms with Crippen molar-refractivity contribution in [2.75, 3.05) is 52.2 Å². The van der Waals surface area contributed by atoms with Gasteiger partial charge in [0, 0.05) is 44.3 Å². The quantitative estimate of drug-likeness (QED) is 0.0479. The van der Waals surface area contributed by atoms with Crippen LogP contribution in [0.25, 0.3) is 0 Å². The van der Waals surface area contributed by atoms with Crippen molar-refractivity contribution >= 4 is 51.1 Å². The first kappa shape index (κ1) is 42.4. The zero-order valence-electron chi connectivity index (χ0n) is 30.4. The molecule has 0 aliphatic carbocycles. The van der Waals surface area contributed by atoms with E-state index >= 15 is 0 Å². The van der Waals surface area contributed by atoms with Crippen molar-refractivity contribution < 1.29 is 37.1 Å². The number of guanidine groups is 1. The number of hydrogen-bond acceptors (Lipinski definition) is 10. The van der Waals surface area contributed by atoms with Gasteiger partial charge in [-0.1, -0.05) is 23.7 Å². The van der Waals surface area contributed by atoms with Gasteiger partial charge < -0.3 is 41.8 Å². The molecule has 3 aliphatic rings. The van der Waals surface area contributed by atoms with Crippen LogP contribution < -0.4 is 32.1 Å². The van der Waals surface area contributed by atoms with Gasteiger partial charge in [0.05, 0.1) is 25.0 Å². The summed E-state index contributed by atoms with van der Waals surface area (Å²) >= 11 is 6.04. The van der Waals surface area contributed by atoms with Crippen LogP contribution in [0, 0.1) is 11.8 Å².